The van der Waals surface area contributed by atoms with Gasteiger partial charge in [0.2, 0.25) is 5.91 Å². The van der Waals surface area contributed by atoms with Crippen molar-refractivity contribution < 1.29 is 4.79 Å². The standard InChI is InChI=1S/C20H23ClN2O/c21-19-7-5-16(6-8-19)9-12-22-13-10-20(24)23-14-11-17-3-1-2-4-18(17)15-23/h1-8,22H,9-15H2. The number of hydrogen-bond donors (Lipinski definition) is 1. The van der Waals surface area contributed by atoms with E-state index < -0.39 is 0 Å². The highest BCUT2D eigenvalue weighted by molar-refractivity contribution is 6.30. The van der Waals surface area contributed by atoms with Crippen LogP contribution in [0, 0.1) is 0 Å². The molecule has 0 radical (unpaired) electrons. The Kier molecular flexibility index (Phi) is 5.89. The maximum atomic E-state index is 12.3. The van der Waals surface area contributed by atoms with Crippen molar-refractivity contribution in [2.45, 2.75) is 25.8 Å². The molecule has 0 saturated carbocycles. The van der Waals surface area contributed by atoms with Crippen LogP contribution in [0.1, 0.15) is 23.1 Å². The third-order valence-electron chi connectivity index (χ3n) is 4.50. The Balaban J connectivity index is 1.36. The third kappa shape index (κ3) is 4.59. The highest BCUT2D eigenvalue weighted by Gasteiger charge is 2.19. The van der Waals surface area contributed by atoms with Crippen molar-refractivity contribution in [2.24, 2.45) is 0 Å². The van der Waals surface area contributed by atoms with Gasteiger partial charge in [-0.05, 0) is 48.2 Å². The van der Waals surface area contributed by atoms with Crippen LogP contribution in [0.15, 0.2) is 48.5 Å². The first-order valence-electron chi connectivity index (χ1n) is 8.52. The Bertz CT molecular complexity index is 684. The lowest BCUT2D eigenvalue weighted by molar-refractivity contribution is -0.132. The third-order valence-corrected chi connectivity index (χ3v) is 4.75. The van der Waals surface area contributed by atoms with Crippen molar-refractivity contribution in [3.63, 3.8) is 0 Å². The number of nitrogens with one attached hydrogen (secondary N) is 1. The molecule has 3 rings (SSSR count). The fraction of sp³-hybridized carbons (Fsp3) is 0.350. The predicted octanol–water partition coefficient (Wildman–Crippen LogP) is 3.45. The van der Waals surface area contributed by atoms with Crippen LogP contribution in [0.25, 0.3) is 0 Å². The quantitative estimate of drug-likeness (QED) is 0.815. The van der Waals surface area contributed by atoms with Crippen LogP contribution in [-0.2, 0) is 24.2 Å². The van der Waals surface area contributed by atoms with E-state index in [2.05, 4.69) is 23.5 Å². The first-order chi connectivity index (χ1) is 11.7. The van der Waals surface area contributed by atoms with E-state index in [1.165, 1.54) is 16.7 Å². The number of rotatable bonds is 6. The Hall–Kier alpha value is -1.84. The predicted molar refractivity (Wildman–Crippen MR) is 98.2 cm³/mol. The van der Waals surface area contributed by atoms with Gasteiger partial charge in [-0.1, -0.05) is 48.0 Å². The summed E-state index contributed by atoms with van der Waals surface area (Å²) in [5.74, 6) is 0.239. The van der Waals surface area contributed by atoms with Gasteiger partial charge < -0.3 is 10.2 Å². The van der Waals surface area contributed by atoms with Crippen molar-refractivity contribution in [1.82, 2.24) is 10.2 Å². The van der Waals surface area contributed by atoms with Gasteiger partial charge in [0.1, 0.15) is 0 Å². The lowest BCUT2D eigenvalue weighted by Crippen LogP contribution is -2.37. The van der Waals surface area contributed by atoms with Crippen molar-refractivity contribution in [2.75, 3.05) is 19.6 Å². The summed E-state index contributed by atoms with van der Waals surface area (Å²) in [4.78, 5) is 14.3. The second-order valence-electron chi connectivity index (χ2n) is 6.21. The normalized spacial score (nSPS) is 13.6. The molecule has 0 aliphatic carbocycles. The minimum atomic E-state index is 0.239. The molecule has 2 aromatic carbocycles. The van der Waals surface area contributed by atoms with E-state index in [0.717, 1.165) is 44.0 Å². The smallest absolute Gasteiger partial charge is 0.224 e. The molecule has 2 aromatic rings. The summed E-state index contributed by atoms with van der Waals surface area (Å²) in [6.07, 6.45) is 2.47. The topological polar surface area (TPSA) is 32.3 Å². The summed E-state index contributed by atoms with van der Waals surface area (Å²) in [7, 11) is 0. The molecular formula is C20H23ClN2O. The number of benzene rings is 2. The van der Waals surface area contributed by atoms with E-state index in [-0.39, 0.29) is 5.91 Å². The van der Waals surface area contributed by atoms with Gasteiger partial charge in [0.05, 0.1) is 0 Å². The average molecular weight is 343 g/mol. The van der Waals surface area contributed by atoms with Crippen molar-refractivity contribution in [1.29, 1.82) is 0 Å². The van der Waals surface area contributed by atoms with E-state index in [4.69, 9.17) is 11.6 Å². The first kappa shape index (κ1) is 17.0. The number of carbonyl (C=O) groups is 1. The molecule has 0 bridgehead atoms. The van der Waals surface area contributed by atoms with E-state index >= 15 is 0 Å². The molecule has 1 heterocycles. The Morgan fingerprint density at radius 1 is 1.04 bits per heavy atom. The van der Waals surface area contributed by atoms with Crippen LogP contribution in [0.4, 0.5) is 0 Å². The van der Waals surface area contributed by atoms with Gasteiger partial charge in [-0.15, -0.1) is 0 Å². The second kappa shape index (κ2) is 8.32. The van der Waals surface area contributed by atoms with Crippen LogP contribution < -0.4 is 5.32 Å². The van der Waals surface area contributed by atoms with E-state index in [1.807, 2.05) is 35.2 Å². The zero-order chi connectivity index (χ0) is 16.8. The molecule has 1 N–H and O–H groups in total. The Morgan fingerprint density at radius 3 is 2.58 bits per heavy atom. The maximum absolute atomic E-state index is 12.3. The van der Waals surface area contributed by atoms with Gasteiger partial charge in [0.25, 0.3) is 0 Å². The number of hydrogen-bond acceptors (Lipinski definition) is 2. The highest BCUT2D eigenvalue weighted by Crippen LogP contribution is 2.18. The Labute approximate surface area is 148 Å². The van der Waals surface area contributed by atoms with Gasteiger partial charge in [0.15, 0.2) is 0 Å². The zero-order valence-corrected chi connectivity index (χ0v) is 14.6. The van der Waals surface area contributed by atoms with E-state index in [0.29, 0.717) is 6.42 Å². The number of amides is 1. The molecule has 0 saturated heterocycles. The highest BCUT2D eigenvalue weighted by atomic mass is 35.5. The average Bonchev–Trinajstić information content (AvgIpc) is 2.62. The summed E-state index contributed by atoms with van der Waals surface area (Å²) in [5.41, 5.74) is 3.92. The minimum absolute atomic E-state index is 0.239. The van der Waals surface area contributed by atoms with Crippen LogP contribution >= 0.6 is 11.6 Å². The summed E-state index contributed by atoms with van der Waals surface area (Å²) in [6, 6.07) is 16.3. The largest absolute Gasteiger partial charge is 0.338 e. The molecule has 0 fully saturated rings. The second-order valence-corrected chi connectivity index (χ2v) is 6.65. The van der Waals surface area contributed by atoms with Gasteiger partial charge in [-0.2, -0.15) is 0 Å². The Morgan fingerprint density at radius 2 is 1.79 bits per heavy atom. The lowest BCUT2D eigenvalue weighted by Gasteiger charge is -2.29. The molecule has 1 aliphatic heterocycles. The molecule has 3 nitrogen and oxygen atoms in total. The molecule has 126 valence electrons. The SMILES string of the molecule is O=C(CCNCCc1ccc(Cl)cc1)N1CCc2ccccc2C1. The maximum Gasteiger partial charge on any atom is 0.224 e. The van der Waals surface area contributed by atoms with Crippen LogP contribution in [0.2, 0.25) is 5.02 Å². The summed E-state index contributed by atoms with van der Waals surface area (Å²) in [6.45, 7) is 3.18. The molecule has 0 aromatic heterocycles. The first-order valence-corrected chi connectivity index (χ1v) is 8.90. The van der Waals surface area contributed by atoms with Crippen LogP contribution in [0.5, 0.6) is 0 Å². The van der Waals surface area contributed by atoms with Crippen molar-refractivity contribution in [3.8, 4) is 0 Å². The molecule has 4 heteroatoms. The summed E-state index contributed by atoms with van der Waals surface area (Å²) < 4.78 is 0. The lowest BCUT2D eigenvalue weighted by atomic mass is 10.00. The van der Waals surface area contributed by atoms with Gasteiger partial charge in [-0.3, -0.25) is 4.79 Å². The molecule has 24 heavy (non-hydrogen) atoms. The fourth-order valence-corrected chi connectivity index (χ4v) is 3.20. The summed E-state index contributed by atoms with van der Waals surface area (Å²) >= 11 is 5.88. The van der Waals surface area contributed by atoms with Crippen molar-refractivity contribution in [3.05, 3.63) is 70.2 Å². The number of carbonyl (C=O) groups excluding carboxylic acids is 1. The molecule has 0 unspecified atom stereocenters. The fourth-order valence-electron chi connectivity index (χ4n) is 3.07. The number of halogens is 1. The van der Waals surface area contributed by atoms with Crippen LogP contribution in [-0.4, -0.2) is 30.4 Å². The van der Waals surface area contributed by atoms with Crippen molar-refractivity contribution >= 4 is 17.5 Å². The van der Waals surface area contributed by atoms with E-state index in [9.17, 15) is 4.79 Å². The molecule has 1 amide bonds. The van der Waals surface area contributed by atoms with Gasteiger partial charge in [-0.25, -0.2) is 0 Å². The molecular weight excluding hydrogens is 320 g/mol. The van der Waals surface area contributed by atoms with Gasteiger partial charge >= 0.3 is 0 Å². The number of nitrogens with zero attached hydrogens (tertiary/aromatic N) is 1. The number of fused-ring (bicyclic) bond motifs is 1. The molecule has 0 atom stereocenters. The van der Waals surface area contributed by atoms with Gasteiger partial charge in [0, 0.05) is 31.1 Å². The molecule has 0 spiro atoms. The van der Waals surface area contributed by atoms with E-state index in [1.54, 1.807) is 0 Å². The van der Waals surface area contributed by atoms with Crippen LogP contribution in [0.3, 0.4) is 0 Å². The minimum Gasteiger partial charge on any atom is -0.338 e. The zero-order valence-electron chi connectivity index (χ0n) is 13.8. The summed E-state index contributed by atoms with van der Waals surface area (Å²) in [5, 5.41) is 4.12. The monoisotopic (exact) mass is 342 g/mol. The molecule has 1 aliphatic rings.